The molecule has 2 aliphatic rings. The Kier molecular flexibility index (Phi) is 5.57. The summed E-state index contributed by atoms with van der Waals surface area (Å²) in [4.78, 5) is 27.5. The molecule has 0 spiro atoms. The lowest BCUT2D eigenvalue weighted by molar-refractivity contribution is 0.0996. The summed E-state index contributed by atoms with van der Waals surface area (Å²) in [6.45, 7) is 8.32. The van der Waals surface area contributed by atoms with E-state index in [2.05, 4.69) is 34.3 Å². The highest BCUT2D eigenvalue weighted by Gasteiger charge is 2.35. The second-order valence-corrected chi connectivity index (χ2v) is 8.88. The third kappa shape index (κ3) is 3.66. The van der Waals surface area contributed by atoms with E-state index in [1.165, 1.54) is 0 Å². The average molecular weight is 447 g/mol. The Labute approximate surface area is 193 Å². The normalized spacial score (nSPS) is 20.1. The number of carbonyl (C=O) groups excluding carboxylic acids is 1. The van der Waals surface area contributed by atoms with Gasteiger partial charge < -0.3 is 14.8 Å². The van der Waals surface area contributed by atoms with Gasteiger partial charge in [-0.2, -0.15) is 0 Å². The number of amides is 1. The van der Waals surface area contributed by atoms with Crippen molar-refractivity contribution in [3.63, 3.8) is 0 Å². The summed E-state index contributed by atoms with van der Waals surface area (Å²) in [5.41, 5.74) is 3.32. The van der Waals surface area contributed by atoms with Crippen molar-refractivity contribution in [1.82, 2.24) is 30.0 Å². The molecule has 5 rings (SSSR count). The quantitative estimate of drug-likeness (QED) is 0.622. The van der Waals surface area contributed by atoms with Gasteiger partial charge in [-0.1, -0.05) is 6.07 Å². The molecule has 9 nitrogen and oxygen atoms in total. The lowest BCUT2D eigenvalue weighted by Gasteiger charge is -2.28. The molecule has 2 aliphatic heterocycles. The van der Waals surface area contributed by atoms with Crippen LogP contribution in [-0.2, 0) is 19.6 Å². The summed E-state index contributed by atoms with van der Waals surface area (Å²) >= 11 is 0. The molecule has 1 saturated heterocycles. The number of nitrogens with zero attached hydrogens (tertiary/aromatic N) is 7. The minimum atomic E-state index is -0.0351. The van der Waals surface area contributed by atoms with Crippen LogP contribution in [0.15, 0.2) is 30.6 Å². The number of fused-ring (bicyclic) bond motifs is 1. The van der Waals surface area contributed by atoms with Gasteiger partial charge in [0.25, 0.3) is 5.91 Å². The number of carbonyl (C=O) groups is 1. The first-order chi connectivity index (χ1) is 16.0. The van der Waals surface area contributed by atoms with Crippen LogP contribution in [0.25, 0.3) is 11.5 Å². The molecule has 3 aromatic heterocycles. The number of pyridine rings is 2. The van der Waals surface area contributed by atoms with Crippen LogP contribution in [0.1, 0.15) is 55.2 Å². The Morgan fingerprint density at radius 2 is 1.91 bits per heavy atom. The summed E-state index contributed by atoms with van der Waals surface area (Å²) in [7, 11) is 1.91. The highest BCUT2D eigenvalue weighted by molar-refractivity contribution is 6.10. The minimum Gasteiger partial charge on any atom is -0.351 e. The van der Waals surface area contributed by atoms with E-state index in [-0.39, 0.29) is 5.91 Å². The van der Waals surface area contributed by atoms with Gasteiger partial charge in [0.1, 0.15) is 23.7 Å². The number of hydrogen-bond acceptors (Lipinski definition) is 7. The van der Waals surface area contributed by atoms with E-state index >= 15 is 0 Å². The van der Waals surface area contributed by atoms with Crippen molar-refractivity contribution < 1.29 is 4.79 Å². The summed E-state index contributed by atoms with van der Waals surface area (Å²) in [6, 6.07) is 8.48. The molecule has 1 amide bonds. The zero-order chi connectivity index (χ0) is 23.1. The van der Waals surface area contributed by atoms with Gasteiger partial charge >= 0.3 is 0 Å². The second-order valence-electron chi connectivity index (χ2n) is 8.88. The van der Waals surface area contributed by atoms with Crippen LogP contribution < -0.4 is 15.1 Å². The first kappa shape index (κ1) is 21.5. The largest absolute Gasteiger partial charge is 0.351 e. The second kappa shape index (κ2) is 8.55. The van der Waals surface area contributed by atoms with Gasteiger partial charge in [0, 0.05) is 30.7 Å². The summed E-state index contributed by atoms with van der Waals surface area (Å²) in [5.74, 6) is 2.16. The smallest absolute Gasteiger partial charge is 0.260 e. The summed E-state index contributed by atoms with van der Waals surface area (Å²) < 4.78 is 1.94. The van der Waals surface area contributed by atoms with Crippen LogP contribution in [-0.4, -0.2) is 49.8 Å². The van der Waals surface area contributed by atoms with Crippen LogP contribution in [0.3, 0.4) is 0 Å². The maximum Gasteiger partial charge on any atom is 0.260 e. The van der Waals surface area contributed by atoms with Gasteiger partial charge in [0.05, 0.1) is 17.8 Å². The predicted molar refractivity (Wildman–Crippen MR) is 127 cm³/mol. The van der Waals surface area contributed by atoms with Gasteiger partial charge in [0.15, 0.2) is 5.82 Å². The van der Waals surface area contributed by atoms with Gasteiger partial charge in [-0.3, -0.25) is 9.69 Å². The summed E-state index contributed by atoms with van der Waals surface area (Å²) in [6.07, 6.45) is 3.97. The molecular weight excluding hydrogens is 416 g/mol. The van der Waals surface area contributed by atoms with Crippen molar-refractivity contribution in [2.45, 2.75) is 65.3 Å². The molecule has 1 fully saturated rings. The van der Waals surface area contributed by atoms with Crippen molar-refractivity contribution >= 4 is 17.5 Å². The Balaban J connectivity index is 1.52. The van der Waals surface area contributed by atoms with Crippen molar-refractivity contribution in [3.05, 3.63) is 47.4 Å². The third-order valence-electron chi connectivity index (χ3n) is 6.75. The van der Waals surface area contributed by atoms with Gasteiger partial charge in [-0.25, -0.2) is 9.97 Å². The van der Waals surface area contributed by atoms with E-state index in [9.17, 15) is 4.79 Å². The molecule has 0 bridgehead atoms. The summed E-state index contributed by atoms with van der Waals surface area (Å²) in [5, 5.41) is 11.4. The molecule has 172 valence electrons. The van der Waals surface area contributed by atoms with Crippen molar-refractivity contribution in [2.24, 2.45) is 0 Å². The number of rotatable bonds is 6. The Morgan fingerprint density at radius 1 is 1.12 bits per heavy atom. The van der Waals surface area contributed by atoms with E-state index in [0.29, 0.717) is 42.5 Å². The highest BCUT2D eigenvalue weighted by atomic mass is 16.2. The molecule has 0 aliphatic carbocycles. The molecular formula is C24H30N8O. The van der Waals surface area contributed by atoms with Crippen LogP contribution in [0.4, 0.5) is 11.6 Å². The van der Waals surface area contributed by atoms with Gasteiger partial charge in [0.2, 0.25) is 0 Å². The predicted octanol–water partition coefficient (Wildman–Crippen LogP) is 3.01. The van der Waals surface area contributed by atoms with Crippen LogP contribution >= 0.6 is 0 Å². The lowest BCUT2D eigenvalue weighted by Crippen LogP contribution is -2.34. The average Bonchev–Trinajstić information content (AvgIpc) is 3.52. The van der Waals surface area contributed by atoms with E-state index in [0.717, 1.165) is 42.0 Å². The molecule has 3 aromatic rings. The molecule has 2 atom stereocenters. The zero-order valence-electron chi connectivity index (χ0n) is 19.6. The fraction of sp³-hybridized carbons (Fsp3) is 0.458. The molecule has 0 saturated carbocycles. The Morgan fingerprint density at radius 3 is 2.64 bits per heavy atom. The van der Waals surface area contributed by atoms with Gasteiger partial charge in [-0.15, -0.1) is 10.2 Å². The number of nitrogens with one attached hydrogen (secondary N) is 1. The number of anilines is 2. The van der Waals surface area contributed by atoms with Crippen LogP contribution in [0.5, 0.6) is 0 Å². The van der Waals surface area contributed by atoms with E-state index in [4.69, 9.17) is 9.97 Å². The minimum absolute atomic E-state index is 0.0351. The standard InChI is InChI=1S/C24H30N8O/c1-5-30-14-26-29-23(30)19-7-6-8-21(27-19)31-13-18-17(24(31)33)11-22(28-20(18)12-25-4)32-15(2)9-10-16(32)3/h6-8,11,14-16,25H,5,9-10,12-13H2,1-4H3/t15-,16-/m1/s1. The van der Waals surface area contributed by atoms with Crippen molar-refractivity contribution in [1.29, 1.82) is 0 Å². The monoisotopic (exact) mass is 446 g/mol. The zero-order valence-corrected chi connectivity index (χ0v) is 19.6. The third-order valence-corrected chi connectivity index (χ3v) is 6.75. The molecule has 33 heavy (non-hydrogen) atoms. The van der Waals surface area contributed by atoms with Gasteiger partial charge in [-0.05, 0) is 58.9 Å². The maximum absolute atomic E-state index is 13.6. The number of aryl methyl sites for hydroxylation is 1. The number of hydrogen-bond donors (Lipinski definition) is 1. The van der Waals surface area contributed by atoms with Crippen molar-refractivity contribution in [3.8, 4) is 11.5 Å². The SMILES string of the molecule is CCn1cnnc1-c1cccc(N2Cc3c(cc(N4[C@H](C)CC[C@H]4C)nc3CNC)C2=O)n1. The molecule has 0 unspecified atom stereocenters. The van der Waals surface area contributed by atoms with E-state index < -0.39 is 0 Å². The topological polar surface area (TPSA) is 92.1 Å². The highest BCUT2D eigenvalue weighted by Crippen LogP contribution is 2.35. The Hall–Kier alpha value is -3.33. The lowest BCUT2D eigenvalue weighted by atomic mass is 10.1. The molecule has 0 aromatic carbocycles. The number of aromatic nitrogens is 5. The maximum atomic E-state index is 13.6. The van der Waals surface area contributed by atoms with Crippen LogP contribution in [0.2, 0.25) is 0 Å². The molecule has 9 heteroatoms. The molecule has 0 radical (unpaired) electrons. The fourth-order valence-corrected chi connectivity index (χ4v) is 5.01. The van der Waals surface area contributed by atoms with Crippen LogP contribution in [0, 0.1) is 0 Å². The fourth-order valence-electron chi connectivity index (χ4n) is 5.01. The first-order valence-corrected chi connectivity index (χ1v) is 11.6. The first-order valence-electron chi connectivity index (χ1n) is 11.6. The molecule has 5 heterocycles. The van der Waals surface area contributed by atoms with Crippen molar-refractivity contribution in [2.75, 3.05) is 16.8 Å². The molecule has 1 N–H and O–H groups in total. The van der Waals surface area contributed by atoms with E-state index in [1.807, 2.05) is 42.8 Å². The van der Waals surface area contributed by atoms with E-state index in [1.54, 1.807) is 11.2 Å². The Bertz CT molecular complexity index is 1180.